The quantitative estimate of drug-likeness (QED) is 0.759. The summed E-state index contributed by atoms with van der Waals surface area (Å²) in [5.41, 5.74) is 0. The number of hydrogen-bond acceptors (Lipinski definition) is 3. The summed E-state index contributed by atoms with van der Waals surface area (Å²) in [6.07, 6.45) is 2.68. The standard InChI is InChI=1S/C12H20N2O3/c1-8-4-3-6-14(10(8)12(16)17)9-5-7-13(2)11(9)15/h8-10H,3-7H2,1-2H3,(H,16,17). The molecule has 0 spiro atoms. The van der Waals surface area contributed by atoms with Gasteiger partial charge in [0.25, 0.3) is 0 Å². The number of rotatable bonds is 2. The van der Waals surface area contributed by atoms with Crippen LogP contribution in [0.4, 0.5) is 0 Å². The van der Waals surface area contributed by atoms with Crippen molar-refractivity contribution in [1.29, 1.82) is 0 Å². The van der Waals surface area contributed by atoms with Crippen LogP contribution in [0.3, 0.4) is 0 Å². The van der Waals surface area contributed by atoms with Crippen LogP contribution in [0.1, 0.15) is 26.2 Å². The van der Waals surface area contributed by atoms with Crippen LogP contribution in [-0.4, -0.2) is 59.0 Å². The van der Waals surface area contributed by atoms with Crippen LogP contribution in [0, 0.1) is 5.92 Å². The van der Waals surface area contributed by atoms with E-state index in [9.17, 15) is 14.7 Å². The predicted octanol–water partition coefficient (Wildman–Crippen LogP) is 0.402. The van der Waals surface area contributed by atoms with Gasteiger partial charge in [-0.05, 0) is 31.7 Å². The minimum atomic E-state index is -0.792. The first-order valence-corrected chi connectivity index (χ1v) is 6.26. The molecule has 2 saturated heterocycles. The van der Waals surface area contributed by atoms with E-state index in [1.54, 1.807) is 11.9 Å². The molecule has 0 aliphatic carbocycles. The normalized spacial score (nSPS) is 35.3. The maximum atomic E-state index is 12.0. The minimum Gasteiger partial charge on any atom is -0.480 e. The number of nitrogens with zero attached hydrogens (tertiary/aromatic N) is 2. The van der Waals surface area contributed by atoms with Gasteiger partial charge in [-0.3, -0.25) is 14.5 Å². The van der Waals surface area contributed by atoms with Gasteiger partial charge in [0.05, 0.1) is 6.04 Å². The maximum absolute atomic E-state index is 12.0. The zero-order chi connectivity index (χ0) is 12.6. The number of carbonyl (C=O) groups is 2. The first-order chi connectivity index (χ1) is 8.02. The van der Waals surface area contributed by atoms with Gasteiger partial charge in [0.1, 0.15) is 6.04 Å². The Kier molecular flexibility index (Phi) is 3.38. The van der Waals surface area contributed by atoms with Gasteiger partial charge in [-0.1, -0.05) is 6.92 Å². The zero-order valence-electron chi connectivity index (χ0n) is 10.4. The lowest BCUT2D eigenvalue weighted by atomic mass is 9.89. The van der Waals surface area contributed by atoms with Crippen molar-refractivity contribution in [3.63, 3.8) is 0 Å². The summed E-state index contributed by atoms with van der Waals surface area (Å²) in [5.74, 6) is -0.593. The number of amides is 1. The molecule has 0 bridgehead atoms. The van der Waals surface area contributed by atoms with Crippen molar-refractivity contribution in [3.05, 3.63) is 0 Å². The monoisotopic (exact) mass is 240 g/mol. The minimum absolute atomic E-state index is 0.0744. The fraction of sp³-hybridized carbons (Fsp3) is 0.833. The van der Waals surface area contributed by atoms with E-state index in [0.717, 1.165) is 32.4 Å². The fourth-order valence-electron chi connectivity index (χ4n) is 3.07. The van der Waals surface area contributed by atoms with Crippen LogP contribution in [0.5, 0.6) is 0 Å². The number of likely N-dealkylation sites (N-methyl/N-ethyl adjacent to an activating group) is 1. The highest BCUT2D eigenvalue weighted by Crippen LogP contribution is 2.28. The van der Waals surface area contributed by atoms with Crippen LogP contribution in [0.15, 0.2) is 0 Å². The van der Waals surface area contributed by atoms with Gasteiger partial charge in [-0.25, -0.2) is 0 Å². The molecular formula is C12H20N2O3. The smallest absolute Gasteiger partial charge is 0.321 e. The molecule has 3 unspecified atom stereocenters. The Hall–Kier alpha value is -1.10. The summed E-state index contributed by atoms with van der Waals surface area (Å²) >= 11 is 0. The number of hydrogen-bond donors (Lipinski definition) is 1. The molecule has 2 heterocycles. The summed E-state index contributed by atoms with van der Waals surface area (Å²) in [7, 11) is 1.78. The van der Waals surface area contributed by atoms with Gasteiger partial charge in [-0.15, -0.1) is 0 Å². The van der Waals surface area contributed by atoms with E-state index in [-0.39, 0.29) is 17.9 Å². The molecule has 96 valence electrons. The van der Waals surface area contributed by atoms with Crippen molar-refractivity contribution in [2.45, 2.75) is 38.3 Å². The van der Waals surface area contributed by atoms with Crippen LogP contribution in [0.2, 0.25) is 0 Å². The van der Waals surface area contributed by atoms with E-state index in [1.165, 1.54) is 0 Å². The largest absolute Gasteiger partial charge is 0.480 e. The lowest BCUT2D eigenvalue weighted by Crippen LogP contribution is -2.55. The Labute approximate surface area is 101 Å². The van der Waals surface area contributed by atoms with E-state index < -0.39 is 12.0 Å². The van der Waals surface area contributed by atoms with Gasteiger partial charge in [0.2, 0.25) is 5.91 Å². The van der Waals surface area contributed by atoms with Crippen molar-refractivity contribution >= 4 is 11.9 Å². The number of carboxylic acids is 1. The highest BCUT2D eigenvalue weighted by atomic mass is 16.4. The summed E-state index contributed by atoms with van der Waals surface area (Å²) in [4.78, 5) is 26.9. The Morgan fingerprint density at radius 3 is 2.59 bits per heavy atom. The van der Waals surface area contributed by atoms with Gasteiger partial charge in [0.15, 0.2) is 0 Å². The molecule has 2 fully saturated rings. The first-order valence-electron chi connectivity index (χ1n) is 6.26. The molecule has 2 aliphatic rings. The van der Waals surface area contributed by atoms with Crippen molar-refractivity contribution in [3.8, 4) is 0 Å². The predicted molar refractivity (Wildman–Crippen MR) is 62.6 cm³/mol. The second-order valence-electron chi connectivity index (χ2n) is 5.20. The molecule has 1 amide bonds. The van der Waals surface area contributed by atoms with Gasteiger partial charge in [0, 0.05) is 13.6 Å². The molecule has 0 saturated carbocycles. The molecule has 0 aromatic rings. The molecule has 0 aromatic carbocycles. The van der Waals surface area contributed by atoms with Crippen LogP contribution in [0.25, 0.3) is 0 Å². The average molecular weight is 240 g/mol. The highest BCUT2D eigenvalue weighted by molar-refractivity contribution is 5.85. The summed E-state index contributed by atoms with van der Waals surface area (Å²) < 4.78 is 0. The van der Waals surface area contributed by atoms with E-state index >= 15 is 0 Å². The average Bonchev–Trinajstić information content (AvgIpc) is 2.59. The van der Waals surface area contributed by atoms with Gasteiger partial charge in [-0.2, -0.15) is 0 Å². The summed E-state index contributed by atoms with van der Waals surface area (Å²) in [6.45, 7) is 3.43. The molecule has 0 aromatic heterocycles. The summed E-state index contributed by atoms with van der Waals surface area (Å²) in [5, 5.41) is 9.33. The van der Waals surface area contributed by atoms with E-state index in [4.69, 9.17) is 0 Å². The molecule has 2 aliphatic heterocycles. The molecule has 5 heteroatoms. The number of aliphatic carboxylic acids is 1. The second kappa shape index (κ2) is 4.64. The van der Waals surface area contributed by atoms with Gasteiger partial charge < -0.3 is 10.0 Å². The van der Waals surface area contributed by atoms with Crippen molar-refractivity contribution in [2.24, 2.45) is 5.92 Å². The molecule has 5 nitrogen and oxygen atoms in total. The Balaban J connectivity index is 2.17. The molecular weight excluding hydrogens is 220 g/mol. The Bertz CT molecular complexity index is 332. The zero-order valence-corrected chi connectivity index (χ0v) is 10.4. The fourth-order valence-corrected chi connectivity index (χ4v) is 3.07. The third kappa shape index (κ3) is 2.16. The molecule has 2 rings (SSSR count). The molecule has 17 heavy (non-hydrogen) atoms. The third-order valence-corrected chi connectivity index (χ3v) is 4.02. The molecule has 0 radical (unpaired) electrons. The number of piperidine rings is 1. The number of likely N-dealkylation sites (tertiary alicyclic amines) is 2. The topological polar surface area (TPSA) is 60.9 Å². The molecule has 1 N–H and O–H groups in total. The number of carboxylic acid groups (broad SMARTS) is 1. The lowest BCUT2D eigenvalue weighted by molar-refractivity contribution is -0.150. The summed E-state index contributed by atoms with van der Waals surface area (Å²) in [6, 6.07) is -0.715. The van der Waals surface area contributed by atoms with Crippen LogP contribution < -0.4 is 0 Å². The van der Waals surface area contributed by atoms with Crippen LogP contribution >= 0.6 is 0 Å². The third-order valence-electron chi connectivity index (χ3n) is 4.02. The molecule has 3 atom stereocenters. The highest BCUT2D eigenvalue weighted by Gasteiger charge is 2.43. The van der Waals surface area contributed by atoms with Crippen molar-refractivity contribution < 1.29 is 14.7 Å². The van der Waals surface area contributed by atoms with Crippen LogP contribution in [-0.2, 0) is 9.59 Å². The van der Waals surface area contributed by atoms with E-state index in [2.05, 4.69) is 0 Å². The van der Waals surface area contributed by atoms with Crippen molar-refractivity contribution in [1.82, 2.24) is 9.80 Å². The van der Waals surface area contributed by atoms with Crippen molar-refractivity contribution in [2.75, 3.05) is 20.1 Å². The second-order valence-corrected chi connectivity index (χ2v) is 5.20. The van der Waals surface area contributed by atoms with E-state index in [1.807, 2.05) is 11.8 Å². The Morgan fingerprint density at radius 2 is 2.06 bits per heavy atom. The van der Waals surface area contributed by atoms with E-state index in [0.29, 0.717) is 0 Å². The van der Waals surface area contributed by atoms with Gasteiger partial charge >= 0.3 is 5.97 Å². The first kappa shape index (κ1) is 12.4. The SMILES string of the molecule is CC1CCCN(C2CCN(C)C2=O)C1C(=O)O. The number of carbonyl (C=O) groups excluding carboxylic acids is 1. The maximum Gasteiger partial charge on any atom is 0.321 e. The lowest BCUT2D eigenvalue weighted by Gasteiger charge is -2.40. The Morgan fingerprint density at radius 1 is 1.35 bits per heavy atom.